The number of carbonyl (C=O) groups is 3. The Morgan fingerprint density at radius 1 is 1.00 bits per heavy atom. The van der Waals surface area contributed by atoms with Gasteiger partial charge in [0.05, 0.1) is 5.57 Å². The molecule has 36 heavy (non-hydrogen) atoms. The van der Waals surface area contributed by atoms with Crippen LogP contribution in [0.2, 0.25) is 0 Å². The third-order valence-electron chi connectivity index (χ3n) is 12.3. The fourth-order valence-electron chi connectivity index (χ4n) is 9.98. The molecule has 5 aliphatic rings. The predicted octanol–water partition coefficient (Wildman–Crippen LogP) is 6.97. The Morgan fingerprint density at radius 2 is 1.64 bits per heavy atom. The van der Waals surface area contributed by atoms with Crippen LogP contribution in [0.3, 0.4) is 0 Å². The molecule has 0 radical (unpaired) electrons. The van der Waals surface area contributed by atoms with Gasteiger partial charge in [-0.15, -0.1) is 0 Å². The molecule has 4 nitrogen and oxygen atoms in total. The van der Waals surface area contributed by atoms with E-state index in [9.17, 15) is 19.6 Å². The topological polar surface area (TPSA) is 75.0 Å². The Kier molecular flexibility index (Phi) is 5.35. The second-order valence-electron chi connectivity index (χ2n) is 14.7. The third-order valence-corrected chi connectivity index (χ3v) is 12.6. The van der Waals surface area contributed by atoms with Gasteiger partial charge in [-0.05, 0) is 90.7 Å². The van der Waals surface area contributed by atoms with Crippen molar-refractivity contribution in [2.45, 2.75) is 93.4 Å². The molecular weight excluding hydrogens is 470 g/mol. The van der Waals surface area contributed by atoms with Crippen molar-refractivity contribution in [3.05, 3.63) is 23.3 Å². The number of halogens is 1. The molecule has 3 saturated carbocycles. The molecule has 0 heterocycles. The average molecular weight is 510 g/mol. The van der Waals surface area contributed by atoms with Crippen molar-refractivity contribution in [3.63, 3.8) is 0 Å². The first-order chi connectivity index (χ1) is 16.5. The molecule has 3 fully saturated rings. The maximum Gasteiger partial charge on any atom is 0.228 e. The standard InChI is InChI=1S/C31H40ClNO3/c1-26(2)10-12-31(25(32)36)13-11-30(7)23(19(31)16-26)20(34)14-22-28(5)15-18(17-33)24(35)27(3,4)21(28)8-9-29(22,30)6/h14-15,19,21,23H,8-13,16H2,1-7H3/t19-,21-,23?,28-,29+,30+,31-/m0/s1. The minimum absolute atomic E-state index is 0.0302. The highest BCUT2D eigenvalue weighted by Crippen LogP contribution is 2.74. The van der Waals surface area contributed by atoms with Gasteiger partial charge in [-0.1, -0.05) is 60.1 Å². The molecule has 0 N–H and O–H groups in total. The average Bonchev–Trinajstić information content (AvgIpc) is 2.77. The van der Waals surface area contributed by atoms with Crippen molar-refractivity contribution >= 4 is 28.4 Å². The zero-order chi connectivity index (χ0) is 26.7. The summed E-state index contributed by atoms with van der Waals surface area (Å²) in [6.07, 6.45) is 9.56. The summed E-state index contributed by atoms with van der Waals surface area (Å²) in [4.78, 5) is 40.4. The summed E-state index contributed by atoms with van der Waals surface area (Å²) < 4.78 is 0. The van der Waals surface area contributed by atoms with Gasteiger partial charge in [0.25, 0.3) is 0 Å². The van der Waals surface area contributed by atoms with Gasteiger partial charge in [0.2, 0.25) is 5.24 Å². The molecule has 0 amide bonds. The van der Waals surface area contributed by atoms with Gasteiger partial charge in [-0.3, -0.25) is 14.4 Å². The maximum absolute atomic E-state index is 14.3. The summed E-state index contributed by atoms with van der Waals surface area (Å²) in [5, 5.41) is 9.58. The lowest BCUT2D eigenvalue weighted by molar-refractivity contribution is -0.173. The number of hydrogen-bond donors (Lipinski definition) is 0. The van der Waals surface area contributed by atoms with Gasteiger partial charge in [-0.2, -0.15) is 5.26 Å². The van der Waals surface area contributed by atoms with Gasteiger partial charge >= 0.3 is 0 Å². The van der Waals surface area contributed by atoms with E-state index in [1.54, 1.807) is 0 Å². The van der Waals surface area contributed by atoms with E-state index in [2.05, 4.69) is 40.7 Å². The number of Topliss-reactive ketones (excluding diaryl/α,β-unsaturated/α-hetero) is 1. The number of carbonyl (C=O) groups excluding carboxylic acids is 3. The fourth-order valence-corrected chi connectivity index (χ4v) is 10.3. The van der Waals surface area contributed by atoms with Crippen molar-refractivity contribution in [3.8, 4) is 6.07 Å². The van der Waals surface area contributed by atoms with Crippen LogP contribution in [0.4, 0.5) is 0 Å². The normalized spacial score (nSPS) is 46.7. The molecule has 5 aliphatic carbocycles. The van der Waals surface area contributed by atoms with Gasteiger partial charge in [0.1, 0.15) is 6.07 Å². The third kappa shape index (κ3) is 2.96. The Labute approximate surface area is 220 Å². The van der Waals surface area contributed by atoms with E-state index < -0.39 is 16.2 Å². The summed E-state index contributed by atoms with van der Waals surface area (Å²) in [5.41, 5.74) is -1.05. The van der Waals surface area contributed by atoms with Gasteiger partial charge in [0, 0.05) is 22.2 Å². The lowest BCUT2D eigenvalue weighted by atomic mass is 9.34. The highest BCUT2D eigenvalue weighted by Gasteiger charge is 2.70. The number of nitriles is 1. The molecule has 5 heteroatoms. The lowest BCUT2D eigenvalue weighted by Crippen LogP contribution is -2.65. The van der Waals surface area contributed by atoms with Crippen LogP contribution in [0.1, 0.15) is 93.4 Å². The number of allylic oxidation sites excluding steroid dienone is 4. The summed E-state index contributed by atoms with van der Waals surface area (Å²) in [6.45, 7) is 15.2. The number of rotatable bonds is 1. The summed E-state index contributed by atoms with van der Waals surface area (Å²) in [5.74, 6) is -0.261. The zero-order valence-corrected chi connectivity index (χ0v) is 23.6. The van der Waals surface area contributed by atoms with E-state index >= 15 is 0 Å². The van der Waals surface area contributed by atoms with Crippen LogP contribution in [0.5, 0.6) is 0 Å². The second-order valence-corrected chi connectivity index (χ2v) is 15.0. The minimum atomic E-state index is -0.669. The van der Waals surface area contributed by atoms with E-state index in [1.165, 1.54) is 0 Å². The first-order valence-electron chi connectivity index (χ1n) is 13.6. The monoisotopic (exact) mass is 509 g/mol. The van der Waals surface area contributed by atoms with E-state index in [-0.39, 0.29) is 56.4 Å². The van der Waals surface area contributed by atoms with Crippen LogP contribution >= 0.6 is 11.6 Å². The first kappa shape index (κ1) is 25.9. The number of hydrogen-bond acceptors (Lipinski definition) is 4. The molecule has 5 rings (SSSR count). The van der Waals surface area contributed by atoms with Gasteiger partial charge in [0.15, 0.2) is 11.6 Å². The smallest absolute Gasteiger partial charge is 0.228 e. The lowest BCUT2D eigenvalue weighted by Gasteiger charge is -2.68. The summed E-state index contributed by atoms with van der Waals surface area (Å²) >= 11 is 6.36. The molecule has 0 spiro atoms. The number of nitrogens with zero attached hydrogens (tertiary/aromatic N) is 1. The molecule has 0 aliphatic heterocycles. The summed E-state index contributed by atoms with van der Waals surface area (Å²) in [6, 6.07) is 2.16. The Hall–Kier alpha value is -1.73. The minimum Gasteiger partial charge on any atom is -0.295 e. The quantitative estimate of drug-likeness (QED) is 0.357. The van der Waals surface area contributed by atoms with Crippen LogP contribution in [0, 0.1) is 61.6 Å². The largest absolute Gasteiger partial charge is 0.295 e. The van der Waals surface area contributed by atoms with Crippen LogP contribution in [0.25, 0.3) is 0 Å². The Morgan fingerprint density at radius 3 is 2.25 bits per heavy atom. The fraction of sp³-hybridized carbons (Fsp3) is 0.742. The molecule has 0 aromatic carbocycles. The van der Waals surface area contributed by atoms with Crippen molar-refractivity contribution in [2.75, 3.05) is 0 Å². The van der Waals surface area contributed by atoms with Gasteiger partial charge < -0.3 is 0 Å². The Bertz CT molecular complexity index is 1190. The van der Waals surface area contributed by atoms with E-state index in [1.807, 2.05) is 26.0 Å². The van der Waals surface area contributed by atoms with Crippen LogP contribution in [0.15, 0.2) is 23.3 Å². The molecular formula is C31H40ClNO3. The summed E-state index contributed by atoms with van der Waals surface area (Å²) in [7, 11) is 0. The predicted molar refractivity (Wildman–Crippen MR) is 140 cm³/mol. The number of fused-ring (bicyclic) bond motifs is 7. The number of ketones is 2. The first-order valence-corrected chi connectivity index (χ1v) is 14.0. The van der Waals surface area contributed by atoms with Crippen molar-refractivity contribution in [1.29, 1.82) is 5.26 Å². The molecule has 0 aromatic heterocycles. The molecule has 194 valence electrons. The highest BCUT2D eigenvalue weighted by molar-refractivity contribution is 6.64. The van der Waals surface area contributed by atoms with E-state index in [0.29, 0.717) is 0 Å². The van der Waals surface area contributed by atoms with E-state index in [4.69, 9.17) is 11.6 Å². The van der Waals surface area contributed by atoms with Crippen molar-refractivity contribution < 1.29 is 14.4 Å². The molecule has 0 saturated heterocycles. The molecule has 7 atom stereocenters. The SMILES string of the molecule is CC1(C)CC[C@]2(C(=O)Cl)CC[C@]3(C)C(C(=O)C=C4[C@@]5(C)C=C(C#N)C(=O)C(C)(C)[C@@H]5CC[C@]43C)[C@@H]2C1. The second kappa shape index (κ2) is 7.43. The molecule has 0 bridgehead atoms. The zero-order valence-electron chi connectivity index (χ0n) is 22.9. The van der Waals surface area contributed by atoms with Crippen LogP contribution < -0.4 is 0 Å². The van der Waals surface area contributed by atoms with Crippen molar-refractivity contribution in [2.24, 2.45) is 50.2 Å². The maximum atomic E-state index is 14.3. The van der Waals surface area contributed by atoms with Crippen LogP contribution in [-0.2, 0) is 14.4 Å². The highest BCUT2D eigenvalue weighted by atomic mass is 35.5. The van der Waals surface area contributed by atoms with Gasteiger partial charge in [-0.25, -0.2) is 0 Å². The molecule has 0 aromatic rings. The Balaban J connectivity index is 1.71. The molecule has 1 unspecified atom stereocenters. The van der Waals surface area contributed by atoms with Crippen molar-refractivity contribution in [1.82, 2.24) is 0 Å². The van der Waals surface area contributed by atoms with E-state index in [0.717, 1.165) is 50.5 Å². The van der Waals surface area contributed by atoms with Crippen LogP contribution in [-0.4, -0.2) is 16.8 Å².